The molecule has 0 aromatic heterocycles. The molecule has 1 aromatic carbocycles. The Morgan fingerprint density at radius 3 is 2.54 bits per heavy atom. The van der Waals surface area contributed by atoms with E-state index in [2.05, 4.69) is 4.90 Å². The minimum Gasteiger partial charge on any atom is -0.458 e. The van der Waals surface area contributed by atoms with Crippen molar-refractivity contribution in [2.24, 2.45) is 34.5 Å². The van der Waals surface area contributed by atoms with E-state index in [1.165, 1.54) is 0 Å². The highest BCUT2D eigenvalue weighted by molar-refractivity contribution is 5.89. The molecule has 9 nitrogen and oxygen atoms in total. The van der Waals surface area contributed by atoms with Crippen LogP contribution >= 0.6 is 0 Å². The molecule has 5 aliphatic carbocycles. The molecule has 0 unspecified atom stereocenters. The first-order valence-corrected chi connectivity index (χ1v) is 14.5. The number of likely N-dealkylation sites (N-methyl/N-ethyl adjacent to an activating group) is 1. The lowest BCUT2D eigenvalue weighted by Gasteiger charge is -2.69. The summed E-state index contributed by atoms with van der Waals surface area (Å²) in [5.41, 5.74) is -4.46. The summed E-state index contributed by atoms with van der Waals surface area (Å²) in [5, 5.41) is 49.0. The van der Waals surface area contributed by atoms with Crippen LogP contribution < -0.4 is 0 Å². The fraction of sp³-hybridized carbons (Fsp3) is 0.767. The van der Waals surface area contributed by atoms with E-state index in [4.69, 9.17) is 14.2 Å². The minimum atomic E-state index is -1.77. The molecule has 0 amide bonds. The number of benzene rings is 1. The van der Waals surface area contributed by atoms with Crippen molar-refractivity contribution in [2.75, 3.05) is 33.9 Å². The second-order valence-corrected chi connectivity index (χ2v) is 13.2. The number of ether oxygens (including phenoxy) is 3. The van der Waals surface area contributed by atoms with Crippen LogP contribution in [-0.2, 0) is 14.2 Å². The number of likely N-dealkylation sites (tertiary alicyclic amines) is 1. The summed E-state index contributed by atoms with van der Waals surface area (Å²) >= 11 is 0. The van der Waals surface area contributed by atoms with E-state index in [0.29, 0.717) is 37.9 Å². The Morgan fingerprint density at radius 2 is 1.90 bits per heavy atom. The fourth-order valence-electron chi connectivity index (χ4n) is 11.3. The first-order chi connectivity index (χ1) is 18.7. The molecule has 0 radical (unpaired) electrons. The SMILES string of the molecule is CCN1C[C@]2(CO)CC[C@H](O)[C@@]34[C@@H]5C[C@H]6[C@H](OC(=O)c7ccccc7)[C@@H]5[C@](O)(C[C@@H]6OC)[C@@](O)([C@@H](OC)[C@H]23)[C@@H]14. The van der Waals surface area contributed by atoms with Gasteiger partial charge in [-0.25, -0.2) is 4.79 Å². The van der Waals surface area contributed by atoms with Crippen molar-refractivity contribution in [3.8, 4) is 0 Å². The van der Waals surface area contributed by atoms with Gasteiger partial charge in [-0.15, -0.1) is 0 Å². The lowest BCUT2D eigenvalue weighted by Crippen LogP contribution is -2.82. The van der Waals surface area contributed by atoms with Gasteiger partial charge in [0.15, 0.2) is 0 Å². The van der Waals surface area contributed by atoms with Crippen LogP contribution in [0.1, 0.15) is 43.0 Å². The zero-order chi connectivity index (χ0) is 27.5. The van der Waals surface area contributed by atoms with Gasteiger partial charge in [-0.2, -0.15) is 0 Å². The zero-order valence-electron chi connectivity index (χ0n) is 22.9. The average Bonchev–Trinajstić information content (AvgIpc) is 3.35. The maximum absolute atomic E-state index is 13.4. The molecule has 9 heteroatoms. The van der Waals surface area contributed by atoms with Gasteiger partial charge in [0.25, 0.3) is 0 Å². The van der Waals surface area contributed by atoms with Gasteiger partial charge in [0, 0.05) is 55.8 Å². The molecule has 7 rings (SSSR count). The molecule has 6 fully saturated rings. The molecule has 5 saturated carbocycles. The third kappa shape index (κ3) is 2.79. The number of methoxy groups -OCH3 is 2. The predicted molar refractivity (Wildman–Crippen MR) is 139 cm³/mol. The smallest absolute Gasteiger partial charge is 0.338 e. The first kappa shape index (κ1) is 26.3. The molecular weight excluding hydrogens is 502 g/mol. The van der Waals surface area contributed by atoms with E-state index in [0.717, 1.165) is 0 Å². The molecule has 7 bridgehead atoms. The van der Waals surface area contributed by atoms with Crippen LogP contribution in [0.4, 0.5) is 0 Å². The van der Waals surface area contributed by atoms with Crippen LogP contribution in [0, 0.1) is 34.5 Å². The molecule has 4 N–H and O–H groups in total. The Kier molecular flexibility index (Phi) is 5.72. The number of hydrogen-bond donors (Lipinski definition) is 4. The number of piperidine rings is 1. The number of carbonyl (C=O) groups excluding carboxylic acids is 1. The molecule has 1 saturated heterocycles. The lowest BCUT2D eigenvalue weighted by molar-refractivity contribution is -0.316. The normalized spacial score (nSPS) is 53.1. The van der Waals surface area contributed by atoms with Crippen LogP contribution in [0.2, 0.25) is 0 Å². The van der Waals surface area contributed by atoms with Crippen LogP contribution in [0.3, 0.4) is 0 Å². The molecule has 1 aromatic rings. The topological polar surface area (TPSA) is 129 Å². The van der Waals surface area contributed by atoms with Crippen molar-refractivity contribution < 1.29 is 39.4 Å². The molecule has 214 valence electrons. The van der Waals surface area contributed by atoms with Gasteiger partial charge in [-0.3, -0.25) is 4.90 Å². The maximum atomic E-state index is 13.4. The fourth-order valence-corrected chi connectivity index (χ4v) is 11.3. The average molecular weight is 544 g/mol. The van der Waals surface area contributed by atoms with E-state index >= 15 is 0 Å². The minimum absolute atomic E-state index is 0.0857. The summed E-state index contributed by atoms with van der Waals surface area (Å²) in [6, 6.07) is 8.25. The molecule has 13 atom stereocenters. The molecule has 1 aliphatic heterocycles. The molecular formula is C30H41NO8. The monoisotopic (exact) mass is 543 g/mol. The number of aliphatic hydroxyl groups is 4. The van der Waals surface area contributed by atoms with Gasteiger partial charge in [0.2, 0.25) is 0 Å². The van der Waals surface area contributed by atoms with Gasteiger partial charge in [-0.1, -0.05) is 25.1 Å². The van der Waals surface area contributed by atoms with Crippen molar-refractivity contribution >= 4 is 5.97 Å². The molecule has 1 spiro atoms. The second kappa shape index (κ2) is 8.47. The lowest BCUT2D eigenvalue weighted by atomic mass is 9.42. The van der Waals surface area contributed by atoms with Crippen molar-refractivity contribution in [2.45, 2.75) is 74.3 Å². The Hall–Kier alpha value is -1.59. The largest absolute Gasteiger partial charge is 0.458 e. The molecule has 1 heterocycles. The summed E-state index contributed by atoms with van der Waals surface area (Å²) < 4.78 is 18.4. The Bertz CT molecular complexity index is 1150. The number of hydrogen-bond acceptors (Lipinski definition) is 9. The van der Waals surface area contributed by atoms with Gasteiger partial charge in [-0.05, 0) is 43.9 Å². The van der Waals surface area contributed by atoms with E-state index < -0.39 is 64.4 Å². The van der Waals surface area contributed by atoms with E-state index in [-0.39, 0.29) is 30.8 Å². The van der Waals surface area contributed by atoms with E-state index in [1.54, 1.807) is 38.5 Å². The van der Waals surface area contributed by atoms with Crippen molar-refractivity contribution in [3.05, 3.63) is 35.9 Å². The van der Waals surface area contributed by atoms with Crippen LogP contribution in [-0.4, -0.2) is 107 Å². The highest BCUT2D eigenvalue weighted by Gasteiger charge is 2.91. The summed E-state index contributed by atoms with van der Waals surface area (Å²) in [7, 11) is 3.16. The van der Waals surface area contributed by atoms with Gasteiger partial charge < -0.3 is 34.6 Å². The number of fused-ring (bicyclic) bond motifs is 2. The highest BCUT2D eigenvalue weighted by Crippen LogP contribution is 2.80. The Balaban J connectivity index is 1.44. The Morgan fingerprint density at radius 1 is 1.15 bits per heavy atom. The van der Waals surface area contributed by atoms with Crippen molar-refractivity contribution in [1.82, 2.24) is 4.90 Å². The second-order valence-electron chi connectivity index (χ2n) is 13.2. The van der Waals surface area contributed by atoms with Crippen molar-refractivity contribution in [1.29, 1.82) is 0 Å². The van der Waals surface area contributed by atoms with Crippen molar-refractivity contribution in [3.63, 3.8) is 0 Å². The van der Waals surface area contributed by atoms with Crippen LogP contribution in [0.25, 0.3) is 0 Å². The molecule has 39 heavy (non-hydrogen) atoms. The van der Waals surface area contributed by atoms with E-state index in [1.807, 2.05) is 13.0 Å². The number of esters is 1. The number of carbonyl (C=O) groups is 1. The first-order valence-electron chi connectivity index (χ1n) is 14.5. The zero-order valence-corrected chi connectivity index (χ0v) is 22.9. The summed E-state index contributed by atoms with van der Waals surface area (Å²) in [6.07, 6.45) is -0.809. The number of nitrogens with zero attached hydrogens (tertiary/aromatic N) is 1. The summed E-state index contributed by atoms with van der Waals surface area (Å²) in [5.74, 6) is -1.88. The number of aliphatic hydroxyl groups excluding tert-OH is 2. The van der Waals surface area contributed by atoms with Crippen LogP contribution in [0.15, 0.2) is 30.3 Å². The third-order valence-electron chi connectivity index (χ3n) is 12.3. The summed E-state index contributed by atoms with van der Waals surface area (Å²) in [6.45, 7) is 3.11. The Labute approximate surface area is 229 Å². The maximum Gasteiger partial charge on any atom is 0.338 e. The predicted octanol–water partition coefficient (Wildman–Crippen LogP) is 0.828. The van der Waals surface area contributed by atoms with Gasteiger partial charge >= 0.3 is 5.97 Å². The molecule has 6 aliphatic rings. The number of rotatable bonds is 6. The highest BCUT2D eigenvalue weighted by atomic mass is 16.6. The summed E-state index contributed by atoms with van der Waals surface area (Å²) in [4.78, 5) is 15.6. The van der Waals surface area contributed by atoms with Gasteiger partial charge in [0.05, 0.1) is 36.5 Å². The van der Waals surface area contributed by atoms with Crippen LogP contribution in [0.5, 0.6) is 0 Å². The third-order valence-corrected chi connectivity index (χ3v) is 12.3. The van der Waals surface area contributed by atoms with E-state index in [9.17, 15) is 25.2 Å². The van der Waals surface area contributed by atoms with Gasteiger partial charge in [0.1, 0.15) is 17.3 Å². The quantitative estimate of drug-likeness (QED) is 0.386. The standard InChI is InChI=1S/C30H41NO8/c1-4-31-14-27(15-32)11-10-20(33)29-18-12-17-19(37-2)13-28(35,30(36,26(29)31)24(38-3)23(27)29)21(18)22(17)39-25(34)16-8-6-5-7-9-16/h5-9,17-24,26,32-33,35-36H,4,10-15H2,1-3H3/t17-,18-,19+,20+,21-,22+,23-,24+,26+,27+,28-,29+,30-/m1/s1.